The normalized spacial score (nSPS) is 12.8. The number of aromatic nitrogens is 1. The molecule has 0 bridgehead atoms. The van der Waals surface area contributed by atoms with E-state index < -0.39 is 0 Å². The van der Waals surface area contributed by atoms with Crippen LogP contribution in [0.5, 0.6) is 0 Å². The van der Waals surface area contributed by atoms with Crippen molar-refractivity contribution in [2.75, 3.05) is 0 Å². The van der Waals surface area contributed by atoms with Gasteiger partial charge in [0.05, 0.1) is 0 Å². The Kier molecular flexibility index (Phi) is 7.83. The SMILES string of the molecule is CCCCCCCCCn1cccc1CC(C)N. The second-order valence-electron chi connectivity index (χ2n) is 5.50. The van der Waals surface area contributed by atoms with Crippen molar-refractivity contribution >= 4 is 0 Å². The Labute approximate surface area is 113 Å². The van der Waals surface area contributed by atoms with Crippen LogP contribution >= 0.6 is 0 Å². The van der Waals surface area contributed by atoms with E-state index in [-0.39, 0.29) is 6.04 Å². The van der Waals surface area contributed by atoms with E-state index in [2.05, 4.69) is 36.7 Å². The Morgan fingerprint density at radius 2 is 1.78 bits per heavy atom. The van der Waals surface area contributed by atoms with Crippen molar-refractivity contribution in [3.8, 4) is 0 Å². The first-order valence-electron chi connectivity index (χ1n) is 7.63. The first-order chi connectivity index (χ1) is 8.74. The van der Waals surface area contributed by atoms with Gasteiger partial charge in [0.1, 0.15) is 0 Å². The van der Waals surface area contributed by atoms with Gasteiger partial charge in [-0.05, 0) is 25.5 Å². The van der Waals surface area contributed by atoms with E-state index in [1.165, 1.54) is 50.6 Å². The van der Waals surface area contributed by atoms with E-state index >= 15 is 0 Å². The fraction of sp³-hybridized carbons (Fsp3) is 0.750. The average molecular weight is 250 g/mol. The van der Waals surface area contributed by atoms with Crippen LogP contribution < -0.4 is 5.73 Å². The Morgan fingerprint density at radius 3 is 2.44 bits per heavy atom. The zero-order chi connectivity index (χ0) is 13.2. The number of nitrogens with zero attached hydrogens (tertiary/aromatic N) is 1. The predicted octanol–water partition coefficient (Wildman–Crippen LogP) is 4.13. The van der Waals surface area contributed by atoms with E-state index in [1.807, 2.05) is 0 Å². The highest BCUT2D eigenvalue weighted by Crippen LogP contribution is 2.10. The molecule has 0 saturated heterocycles. The van der Waals surface area contributed by atoms with Gasteiger partial charge in [0.15, 0.2) is 0 Å². The van der Waals surface area contributed by atoms with Gasteiger partial charge < -0.3 is 10.3 Å². The minimum Gasteiger partial charge on any atom is -0.351 e. The summed E-state index contributed by atoms with van der Waals surface area (Å²) in [5.41, 5.74) is 7.25. The predicted molar refractivity (Wildman–Crippen MR) is 79.8 cm³/mol. The third-order valence-electron chi connectivity index (χ3n) is 3.46. The van der Waals surface area contributed by atoms with Gasteiger partial charge in [-0.25, -0.2) is 0 Å². The molecular formula is C16H30N2. The van der Waals surface area contributed by atoms with Crippen molar-refractivity contribution in [1.82, 2.24) is 4.57 Å². The van der Waals surface area contributed by atoms with Crippen molar-refractivity contribution in [2.45, 2.75) is 77.8 Å². The third-order valence-corrected chi connectivity index (χ3v) is 3.46. The van der Waals surface area contributed by atoms with E-state index in [9.17, 15) is 0 Å². The summed E-state index contributed by atoms with van der Waals surface area (Å²) in [6.45, 7) is 5.50. The second-order valence-corrected chi connectivity index (χ2v) is 5.50. The van der Waals surface area contributed by atoms with Crippen LogP contribution in [0.3, 0.4) is 0 Å². The lowest BCUT2D eigenvalue weighted by molar-refractivity contribution is 0.537. The van der Waals surface area contributed by atoms with E-state index in [4.69, 9.17) is 5.73 Å². The summed E-state index contributed by atoms with van der Waals surface area (Å²) < 4.78 is 2.37. The third kappa shape index (κ3) is 6.25. The van der Waals surface area contributed by atoms with Crippen LogP contribution in [0.2, 0.25) is 0 Å². The van der Waals surface area contributed by atoms with Crippen molar-refractivity contribution in [2.24, 2.45) is 5.73 Å². The molecule has 0 aliphatic carbocycles. The van der Waals surface area contributed by atoms with Crippen molar-refractivity contribution in [3.63, 3.8) is 0 Å². The maximum atomic E-state index is 5.86. The Morgan fingerprint density at radius 1 is 1.11 bits per heavy atom. The van der Waals surface area contributed by atoms with Gasteiger partial charge in [0.2, 0.25) is 0 Å². The van der Waals surface area contributed by atoms with Gasteiger partial charge in [-0.2, -0.15) is 0 Å². The fourth-order valence-corrected chi connectivity index (χ4v) is 2.42. The molecule has 0 saturated carbocycles. The number of hydrogen-bond acceptors (Lipinski definition) is 1. The molecule has 2 heteroatoms. The molecule has 1 unspecified atom stereocenters. The molecule has 18 heavy (non-hydrogen) atoms. The van der Waals surface area contributed by atoms with Gasteiger partial charge in [-0.1, -0.05) is 45.4 Å². The molecule has 0 amide bonds. The lowest BCUT2D eigenvalue weighted by Crippen LogP contribution is -2.19. The first-order valence-corrected chi connectivity index (χ1v) is 7.63. The molecular weight excluding hydrogens is 220 g/mol. The topological polar surface area (TPSA) is 30.9 Å². The minimum absolute atomic E-state index is 0.257. The fourth-order valence-electron chi connectivity index (χ4n) is 2.42. The molecule has 0 radical (unpaired) electrons. The second kappa shape index (κ2) is 9.21. The Hall–Kier alpha value is -0.760. The smallest absolute Gasteiger partial charge is 0.0222 e. The molecule has 0 fully saturated rings. The number of hydrogen-bond donors (Lipinski definition) is 1. The molecule has 0 aliphatic heterocycles. The average Bonchev–Trinajstić information content (AvgIpc) is 2.75. The van der Waals surface area contributed by atoms with Crippen molar-refractivity contribution < 1.29 is 0 Å². The Bertz CT molecular complexity index is 302. The van der Waals surface area contributed by atoms with Crippen LogP contribution in [-0.4, -0.2) is 10.6 Å². The number of nitrogens with two attached hydrogens (primary N) is 1. The van der Waals surface area contributed by atoms with E-state index in [0.717, 1.165) is 13.0 Å². The van der Waals surface area contributed by atoms with E-state index in [0.29, 0.717) is 0 Å². The standard InChI is InChI=1S/C16H30N2/c1-3-4-5-6-7-8-9-12-18-13-10-11-16(18)14-15(2)17/h10-11,13,15H,3-9,12,14,17H2,1-2H3. The molecule has 1 heterocycles. The highest BCUT2D eigenvalue weighted by atomic mass is 15.0. The zero-order valence-electron chi connectivity index (χ0n) is 12.2. The van der Waals surface area contributed by atoms with Crippen LogP contribution in [0.25, 0.3) is 0 Å². The van der Waals surface area contributed by atoms with Gasteiger partial charge in [-0.3, -0.25) is 0 Å². The van der Waals surface area contributed by atoms with Crippen LogP contribution in [0.1, 0.15) is 64.5 Å². The molecule has 104 valence electrons. The lowest BCUT2D eigenvalue weighted by Gasteiger charge is -2.11. The molecule has 1 aromatic rings. The van der Waals surface area contributed by atoms with Gasteiger partial charge in [0, 0.05) is 30.9 Å². The van der Waals surface area contributed by atoms with Crippen LogP contribution in [0.15, 0.2) is 18.3 Å². The molecule has 2 N–H and O–H groups in total. The number of unbranched alkanes of at least 4 members (excludes halogenated alkanes) is 6. The summed E-state index contributed by atoms with van der Waals surface area (Å²) in [5.74, 6) is 0. The monoisotopic (exact) mass is 250 g/mol. The van der Waals surface area contributed by atoms with E-state index in [1.54, 1.807) is 0 Å². The Balaban J connectivity index is 2.13. The molecule has 0 aliphatic rings. The molecule has 1 atom stereocenters. The van der Waals surface area contributed by atoms with Crippen molar-refractivity contribution in [1.29, 1.82) is 0 Å². The molecule has 1 rings (SSSR count). The van der Waals surface area contributed by atoms with Crippen LogP contribution in [0.4, 0.5) is 0 Å². The van der Waals surface area contributed by atoms with Gasteiger partial charge in [0.25, 0.3) is 0 Å². The summed E-state index contributed by atoms with van der Waals surface area (Å²) in [5, 5.41) is 0. The van der Waals surface area contributed by atoms with Crippen LogP contribution in [0, 0.1) is 0 Å². The summed E-state index contributed by atoms with van der Waals surface area (Å²) >= 11 is 0. The van der Waals surface area contributed by atoms with Gasteiger partial charge >= 0.3 is 0 Å². The molecule has 1 aromatic heterocycles. The number of aryl methyl sites for hydroxylation is 1. The lowest BCUT2D eigenvalue weighted by atomic mass is 10.1. The first kappa shape index (κ1) is 15.3. The summed E-state index contributed by atoms with van der Waals surface area (Å²) in [6.07, 6.45) is 12.8. The summed E-state index contributed by atoms with van der Waals surface area (Å²) in [7, 11) is 0. The maximum Gasteiger partial charge on any atom is 0.0222 e. The minimum atomic E-state index is 0.257. The van der Waals surface area contributed by atoms with Gasteiger partial charge in [-0.15, -0.1) is 0 Å². The molecule has 0 spiro atoms. The molecule has 2 nitrogen and oxygen atoms in total. The maximum absolute atomic E-state index is 5.86. The molecule has 0 aromatic carbocycles. The summed E-state index contributed by atoms with van der Waals surface area (Å²) in [4.78, 5) is 0. The zero-order valence-corrected chi connectivity index (χ0v) is 12.2. The van der Waals surface area contributed by atoms with Crippen molar-refractivity contribution in [3.05, 3.63) is 24.0 Å². The quantitative estimate of drug-likeness (QED) is 0.622. The highest BCUT2D eigenvalue weighted by Gasteiger charge is 2.03. The highest BCUT2D eigenvalue weighted by molar-refractivity contribution is 5.08. The largest absolute Gasteiger partial charge is 0.351 e. The summed E-state index contributed by atoms with van der Waals surface area (Å²) in [6, 6.07) is 4.59. The number of rotatable bonds is 10. The van der Waals surface area contributed by atoms with Crippen LogP contribution in [-0.2, 0) is 13.0 Å².